The van der Waals surface area contributed by atoms with Gasteiger partial charge in [0.2, 0.25) is 5.91 Å². The van der Waals surface area contributed by atoms with Crippen LogP contribution in [0.2, 0.25) is 0 Å². The first-order valence-electron chi connectivity index (χ1n) is 7.95. The summed E-state index contributed by atoms with van der Waals surface area (Å²) in [7, 11) is 0. The molecular weight excluding hydrogens is 278 g/mol. The predicted octanol–water partition coefficient (Wildman–Crippen LogP) is 2.73. The largest absolute Gasteiger partial charge is 0.466 e. The minimum absolute atomic E-state index is 0.0767. The van der Waals surface area contributed by atoms with Gasteiger partial charge in [0.1, 0.15) is 0 Å². The second-order valence-corrected chi connectivity index (χ2v) is 6.17. The zero-order valence-electron chi connectivity index (χ0n) is 13.7. The van der Waals surface area contributed by atoms with Crippen molar-refractivity contribution in [3.05, 3.63) is 35.4 Å². The third-order valence-electron chi connectivity index (χ3n) is 4.54. The van der Waals surface area contributed by atoms with E-state index in [1.54, 1.807) is 6.92 Å². The van der Waals surface area contributed by atoms with E-state index in [9.17, 15) is 9.59 Å². The average Bonchev–Trinajstić information content (AvgIpc) is 2.50. The molecule has 0 N–H and O–H groups in total. The van der Waals surface area contributed by atoms with Crippen molar-refractivity contribution < 1.29 is 14.3 Å². The molecule has 0 aromatic heterocycles. The number of likely N-dealkylation sites (tertiary alicyclic amines) is 1. The van der Waals surface area contributed by atoms with Crippen LogP contribution in [0.1, 0.15) is 37.8 Å². The van der Waals surface area contributed by atoms with Crippen LogP contribution in [-0.4, -0.2) is 36.5 Å². The van der Waals surface area contributed by atoms with Crippen molar-refractivity contribution in [3.63, 3.8) is 0 Å². The SMILES string of the molecule is CCOC(=O)C1(Cc2ccc(C)cc2)CCN(C(C)=O)CC1. The monoisotopic (exact) mass is 303 g/mol. The molecule has 1 heterocycles. The Bertz CT molecular complexity index is 528. The highest BCUT2D eigenvalue weighted by Gasteiger charge is 2.43. The second-order valence-electron chi connectivity index (χ2n) is 6.17. The molecular formula is C18H25NO3. The number of amides is 1. The maximum atomic E-state index is 12.5. The van der Waals surface area contributed by atoms with Gasteiger partial charge in [-0.3, -0.25) is 9.59 Å². The maximum Gasteiger partial charge on any atom is 0.312 e. The Morgan fingerprint density at radius 2 is 1.77 bits per heavy atom. The third kappa shape index (κ3) is 3.67. The number of nitrogens with zero attached hydrogens (tertiary/aromatic N) is 1. The number of esters is 1. The zero-order chi connectivity index (χ0) is 16.2. The van der Waals surface area contributed by atoms with Gasteiger partial charge in [-0.15, -0.1) is 0 Å². The van der Waals surface area contributed by atoms with E-state index in [4.69, 9.17) is 4.74 Å². The Morgan fingerprint density at radius 1 is 1.18 bits per heavy atom. The zero-order valence-corrected chi connectivity index (χ0v) is 13.7. The normalized spacial score (nSPS) is 17.1. The molecule has 1 aromatic carbocycles. The van der Waals surface area contributed by atoms with E-state index in [0.29, 0.717) is 39.0 Å². The molecule has 1 fully saturated rings. The van der Waals surface area contributed by atoms with Gasteiger partial charge in [-0.05, 0) is 38.7 Å². The molecule has 1 aliphatic rings. The van der Waals surface area contributed by atoms with E-state index in [-0.39, 0.29) is 11.9 Å². The molecule has 0 saturated carbocycles. The molecule has 1 amide bonds. The van der Waals surface area contributed by atoms with E-state index in [2.05, 4.69) is 31.2 Å². The first-order chi connectivity index (χ1) is 10.5. The van der Waals surface area contributed by atoms with Gasteiger partial charge < -0.3 is 9.64 Å². The number of benzene rings is 1. The van der Waals surface area contributed by atoms with Crippen LogP contribution in [0.15, 0.2) is 24.3 Å². The molecule has 0 aliphatic carbocycles. The van der Waals surface area contributed by atoms with Gasteiger partial charge in [0.15, 0.2) is 0 Å². The van der Waals surface area contributed by atoms with Crippen molar-refractivity contribution in [3.8, 4) is 0 Å². The van der Waals surface area contributed by atoms with Crippen molar-refractivity contribution in [1.29, 1.82) is 0 Å². The van der Waals surface area contributed by atoms with Crippen molar-refractivity contribution in [1.82, 2.24) is 4.90 Å². The van der Waals surface area contributed by atoms with Crippen LogP contribution in [0.5, 0.6) is 0 Å². The fourth-order valence-corrected chi connectivity index (χ4v) is 3.08. The second kappa shape index (κ2) is 6.95. The highest BCUT2D eigenvalue weighted by atomic mass is 16.5. The molecule has 0 atom stereocenters. The number of ether oxygens (including phenoxy) is 1. The standard InChI is InChI=1S/C18H25NO3/c1-4-22-17(21)18(9-11-19(12-10-18)15(3)20)13-16-7-5-14(2)6-8-16/h5-8H,4,9-13H2,1-3H3. The van der Waals surface area contributed by atoms with Crippen molar-refractivity contribution in [2.45, 2.75) is 40.0 Å². The van der Waals surface area contributed by atoms with Gasteiger partial charge in [-0.1, -0.05) is 29.8 Å². The number of hydrogen-bond acceptors (Lipinski definition) is 3. The van der Waals surface area contributed by atoms with Crippen LogP contribution in [0, 0.1) is 12.3 Å². The van der Waals surface area contributed by atoms with Gasteiger partial charge in [0.05, 0.1) is 12.0 Å². The molecule has 4 heteroatoms. The van der Waals surface area contributed by atoms with Gasteiger partial charge in [0.25, 0.3) is 0 Å². The summed E-state index contributed by atoms with van der Waals surface area (Å²) in [5, 5.41) is 0. The predicted molar refractivity (Wildman–Crippen MR) is 85.4 cm³/mol. The Labute approximate surface area is 132 Å². The molecule has 2 rings (SSSR count). The van der Waals surface area contributed by atoms with Crippen molar-refractivity contribution in [2.24, 2.45) is 5.41 Å². The summed E-state index contributed by atoms with van der Waals surface area (Å²) in [5.74, 6) is -0.0495. The number of aryl methyl sites for hydroxylation is 1. The third-order valence-corrected chi connectivity index (χ3v) is 4.54. The van der Waals surface area contributed by atoms with Crippen molar-refractivity contribution >= 4 is 11.9 Å². The van der Waals surface area contributed by atoms with E-state index in [0.717, 1.165) is 5.56 Å². The highest BCUT2D eigenvalue weighted by molar-refractivity contribution is 5.78. The summed E-state index contributed by atoms with van der Waals surface area (Å²) in [6.07, 6.45) is 2.01. The Hall–Kier alpha value is -1.84. The summed E-state index contributed by atoms with van der Waals surface area (Å²) in [6.45, 7) is 7.11. The number of rotatable bonds is 4. The smallest absolute Gasteiger partial charge is 0.312 e. The first-order valence-corrected chi connectivity index (χ1v) is 7.95. The maximum absolute atomic E-state index is 12.5. The summed E-state index contributed by atoms with van der Waals surface area (Å²) >= 11 is 0. The lowest BCUT2D eigenvalue weighted by molar-refractivity contribution is -0.160. The molecule has 0 bridgehead atoms. The molecule has 22 heavy (non-hydrogen) atoms. The summed E-state index contributed by atoms with van der Waals surface area (Å²) < 4.78 is 5.33. The minimum Gasteiger partial charge on any atom is -0.466 e. The van der Waals surface area contributed by atoms with Gasteiger partial charge in [-0.2, -0.15) is 0 Å². The van der Waals surface area contributed by atoms with Crippen molar-refractivity contribution in [2.75, 3.05) is 19.7 Å². The highest BCUT2D eigenvalue weighted by Crippen LogP contribution is 2.36. The Balaban J connectivity index is 2.18. The van der Waals surface area contributed by atoms with Crippen LogP contribution >= 0.6 is 0 Å². The summed E-state index contributed by atoms with van der Waals surface area (Å²) in [6, 6.07) is 8.29. The lowest BCUT2D eigenvalue weighted by Crippen LogP contribution is -2.47. The van der Waals surface area contributed by atoms with Gasteiger partial charge in [-0.25, -0.2) is 0 Å². The van der Waals surface area contributed by atoms with Gasteiger partial charge >= 0.3 is 5.97 Å². The van der Waals surface area contributed by atoms with Gasteiger partial charge in [0, 0.05) is 20.0 Å². The first kappa shape index (κ1) is 16.5. The number of carbonyl (C=O) groups is 2. The molecule has 1 saturated heterocycles. The van der Waals surface area contributed by atoms with E-state index in [1.807, 2.05) is 11.8 Å². The fourth-order valence-electron chi connectivity index (χ4n) is 3.08. The molecule has 4 nitrogen and oxygen atoms in total. The van der Waals surface area contributed by atoms with E-state index >= 15 is 0 Å². The number of carbonyl (C=O) groups excluding carboxylic acids is 2. The quantitative estimate of drug-likeness (QED) is 0.804. The van der Waals surface area contributed by atoms with E-state index < -0.39 is 5.41 Å². The molecule has 0 spiro atoms. The topological polar surface area (TPSA) is 46.6 Å². The number of hydrogen-bond donors (Lipinski definition) is 0. The summed E-state index contributed by atoms with van der Waals surface area (Å²) in [4.78, 5) is 25.9. The molecule has 120 valence electrons. The summed E-state index contributed by atoms with van der Waals surface area (Å²) in [5.41, 5.74) is 1.85. The van der Waals surface area contributed by atoms with Crippen LogP contribution in [0.25, 0.3) is 0 Å². The Kier molecular flexibility index (Phi) is 5.22. The average molecular weight is 303 g/mol. The van der Waals surface area contributed by atoms with Crippen LogP contribution in [-0.2, 0) is 20.7 Å². The van der Waals surface area contributed by atoms with E-state index in [1.165, 1.54) is 5.56 Å². The fraction of sp³-hybridized carbons (Fsp3) is 0.556. The molecule has 0 unspecified atom stereocenters. The van der Waals surface area contributed by atoms with Crippen LogP contribution in [0.4, 0.5) is 0 Å². The lowest BCUT2D eigenvalue weighted by atomic mass is 9.73. The van der Waals surface area contributed by atoms with Crippen LogP contribution < -0.4 is 0 Å². The number of piperidine rings is 1. The Morgan fingerprint density at radius 3 is 2.27 bits per heavy atom. The molecule has 1 aliphatic heterocycles. The minimum atomic E-state index is -0.503. The lowest BCUT2D eigenvalue weighted by Gasteiger charge is -2.39. The molecule has 1 aromatic rings. The van der Waals surface area contributed by atoms with Crippen LogP contribution in [0.3, 0.4) is 0 Å². The molecule has 0 radical (unpaired) electrons.